The second kappa shape index (κ2) is 11.1. The molecule has 0 saturated heterocycles. The van der Waals surface area contributed by atoms with Crippen LogP contribution in [0.25, 0.3) is 0 Å². The van der Waals surface area contributed by atoms with E-state index in [0.29, 0.717) is 45.3 Å². The summed E-state index contributed by atoms with van der Waals surface area (Å²) in [6, 6.07) is 13.3. The van der Waals surface area contributed by atoms with Gasteiger partial charge < -0.3 is 61.8 Å². The zero-order valence-corrected chi connectivity index (χ0v) is 26.3. The molecule has 3 aliphatic rings. The first-order chi connectivity index (χ1) is 19.3. The highest BCUT2D eigenvalue weighted by molar-refractivity contribution is 6.02. The number of benzene rings is 3. The van der Waals surface area contributed by atoms with Gasteiger partial charge in [-0.05, 0) is 41.0 Å². The number of methoxy groups -OCH3 is 4. The Bertz CT molecular complexity index is 1470. The SMILES string of the molecule is COc1ccc(CN2C(=O)c3c(ccc(OC)c3OC)C2C2c3c(cc4c(c3OC)OCO4)CC[N+]2(C)C)cc1.[I-]. The minimum absolute atomic E-state index is 0. The number of nitrogens with zero attached hydrogens (tertiary/aromatic N) is 2. The van der Waals surface area contributed by atoms with Crippen molar-refractivity contribution in [1.82, 2.24) is 4.90 Å². The Labute approximate surface area is 257 Å². The van der Waals surface area contributed by atoms with Gasteiger partial charge in [0, 0.05) is 13.0 Å². The quantitative estimate of drug-likeness (QED) is 0.278. The van der Waals surface area contributed by atoms with Crippen molar-refractivity contribution >= 4 is 5.91 Å². The van der Waals surface area contributed by atoms with Gasteiger partial charge in [0.1, 0.15) is 17.8 Å². The van der Waals surface area contributed by atoms with E-state index in [0.717, 1.165) is 41.0 Å². The van der Waals surface area contributed by atoms with Crippen LogP contribution in [0.1, 0.15) is 44.7 Å². The first-order valence-electron chi connectivity index (χ1n) is 13.3. The number of carbonyl (C=O) groups is 1. The molecule has 9 nitrogen and oxygen atoms in total. The summed E-state index contributed by atoms with van der Waals surface area (Å²) >= 11 is 0. The number of rotatable bonds is 7. The van der Waals surface area contributed by atoms with E-state index in [1.807, 2.05) is 41.3 Å². The summed E-state index contributed by atoms with van der Waals surface area (Å²) in [7, 11) is 10.9. The molecule has 41 heavy (non-hydrogen) atoms. The molecule has 0 N–H and O–H groups in total. The zero-order valence-electron chi connectivity index (χ0n) is 24.2. The monoisotopic (exact) mass is 674 g/mol. The first kappa shape index (κ1) is 29.1. The number of amides is 1. The van der Waals surface area contributed by atoms with E-state index in [9.17, 15) is 4.79 Å². The summed E-state index contributed by atoms with van der Waals surface area (Å²) in [6.07, 6.45) is 0.851. The lowest BCUT2D eigenvalue weighted by molar-refractivity contribution is -0.926. The Balaban J connectivity index is 0.00000337. The van der Waals surface area contributed by atoms with Crippen molar-refractivity contribution < 1.29 is 61.7 Å². The maximum atomic E-state index is 14.4. The molecular weight excluding hydrogens is 639 g/mol. The van der Waals surface area contributed by atoms with Gasteiger partial charge in [-0.25, -0.2) is 0 Å². The van der Waals surface area contributed by atoms with Crippen molar-refractivity contribution in [2.75, 3.05) is 55.9 Å². The molecule has 1 amide bonds. The second-order valence-corrected chi connectivity index (χ2v) is 10.9. The lowest BCUT2D eigenvalue weighted by Crippen LogP contribution is -3.00. The van der Waals surface area contributed by atoms with E-state index in [-0.39, 0.29) is 48.8 Å². The maximum absolute atomic E-state index is 14.4. The Morgan fingerprint density at radius 3 is 2.32 bits per heavy atom. The van der Waals surface area contributed by atoms with Crippen LogP contribution in [0.2, 0.25) is 0 Å². The molecule has 0 aliphatic carbocycles. The molecule has 0 aromatic heterocycles. The van der Waals surface area contributed by atoms with Crippen LogP contribution >= 0.6 is 0 Å². The summed E-state index contributed by atoms with van der Waals surface area (Å²) in [6.45, 7) is 1.44. The topological polar surface area (TPSA) is 75.7 Å². The van der Waals surface area contributed by atoms with E-state index in [1.165, 1.54) is 0 Å². The van der Waals surface area contributed by atoms with E-state index in [2.05, 4.69) is 20.2 Å². The van der Waals surface area contributed by atoms with Gasteiger partial charge in [-0.3, -0.25) is 4.79 Å². The smallest absolute Gasteiger partial charge is 0.259 e. The van der Waals surface area contributed by atoms with Gasteiger partial charge in [-0.1, -0.05) is 18.2 Å². The van der Waals surface area contributed by atoms with Crippen LogP contribution in [0, 0.1) is 0 Å². The lowest BCUT2D eigenvalue weighted by atomic mass is 9.82. The fraction of sp³-hybridized carbons (Fsp3) is 0.387. The minimum Gasteiger partial charge on any atom is -1.00 e. The molecule has 6 rings (SSSR count). The number of halogens is 1. The van der Waals surface area contributed by atoms with Crippen LogP contribution in [-0.2, 0) is 13.0 Å². The molecule has 3 heterocycles. The third kappa shape index (κ3) is 4.61. The predicted octanol–water partition coefficient (Wildman–Crippen LogP) is 1.52. The average molecular weight is 675 g/mol. The molecule has 0 spiro atoms. The molecule has 218 valence electrons. The van der Waals surface area contributed by atoms with E-state index in [4.69, 9.17) is 28.4 Å². The van der Waals surface area contributed by atoms with Gasteiger partial charge >= 0.3 is 0 Å². The van der Waals surface area contributed by atoms with Crippen molar-refractivity contribution in [3.05, 3.63) is 70.3 Å². The van der Waals surface area contributed by atoms with Crippen molar-refractivity contribution in [3.63, 3.8) is 0 Å². The summed E-state index contributed by atoms with van der Waals surface area (Å²) in [4.78, 5) is 16.3. The number of hydrogen-bond acceptors (Lipinski definition) is 7. The molecule has 0 radical (unpaired) electrons. The van der Waals surface area contributed by atoms with E-state index in [1.54, 1.807) is 28.4 Å². The molecular formula is C31H35IN2O7. The standard InChI is InChI=1S/C31H35N2O7.HI/c1-33(2)14-13-19-15-23-29(40-17-39-23)30(38-6)24(19)27(33)26-21-11-12-22(36-4)28(37-5)25(21)31(34)32(26)16-18-7-9-20(35-3)10-8-18;/h7-12,15,26-27H,13-14,16-17H2,1-6H3;1H/q+1;/p-1. The van der Waals surface area contributed by atoms with Gasteiger partial charge in [0.15, 0.2) is 23.0 Å². The third-order valence-electron chi connectivity index (χ3n) is 8.47. The van der Waals surface area contributed by atoms with Crippen molar-refractivity contribution in [3.8, 4) is 34.5 Å². The van der Waals surface area contributed by atoms with Gasteiger partial charge in [0.2, 0.25) is 12.5 Å². The summed E-state index contributed by atoms with van der Waals surface area (Å²) in [5.74, 6) is 3.63. The van der Waals surface area contributed by atoms with Crippen LogP contribution in [0.5, 0.6) is 34.5 Å². The number of fused-ring (bicyclic) bond motifs is 3. The van der Waals surface area contributed by atoms with Gasteiger partial charge in [-0.2, -0.15) is 0 Å². The molecule has 0 bridgehead atoms. The lowest BCUT2D eigenvalue weighted by Gasteiger charge is -2.47. The summed E-state index contributed by atoms with van der Waals surface area (Å²) in [5, 5.41) is 0. The third-order valence-corrected chi connectivity index (χ3v) is 8.47. The number of likely N-dealkylation sites (N-methyl/N-ethyl adjacent to an activating group) is 1. The normalized spacial score (nSPS) is 19.7. The predicted molar refractivity (Wildman–Crippen MR) is 148 cm³/mol. The van der Waals surface area contributed by atoms with Crippen LogP contribution in [0.3, 0.4) is 0 Å². The first-order valence-corrected chi connectivity index (χ1v) is 13.3. The van der Waals surface area contributed by atoms with Crippen LogP contribution in [-0.4, -0.2) is 71.2 Å². The summed E-state index contributed by atoms with van der Waals surface area (Å²) < 4.78 is 35.1. The van der Waals surface area contributed by atoms with Crippen molar-refractivity contribution in [1.29, 1.82) is 0 Å². The largest absolute Gasteiger partial charge is 1.00 e. The van der Waals surface area contributed by atoms with Crippen molar-refractivity contribution in [2.24, 2.45) is 0 Å². The Morgan fingerprint density at radius 1 is 0.927 bits per heavy atom. The van der Waals surface area contributed by atoms with Gasteiger partial charge in [0.05, 0.1) is 60.2 Å². The highest BCUT2D eigenvalue weighted by Crippen LogP contribution is 2.57. The van der Waals surface area contributed by atoms with E-state index >= 15 is 0 Å². The van der Waals surface area contributed by atoms with Crippen LogP contribution in [0.4, 0.5) is 0 Å². The Kier molecular flexibility index (Phi) is 7.90. The number of hydrogen-bond donors (Lipinski definition) is 0. The maximum Gasteiger partial charge on any atom is 0.259 e. The molecule has 0 saturated carbocycles. The van der Waals surface area contributed by atoms with Crippen LogP contribution in [0.15, 0.2) is 42.5 Å². The highest BCUT2D eigenvalue weighted by Gasteiger charge is 2.53. The van der Waals surface area contributed by atoms with Gasteiger partial charge in [-0.15, -0.1) is 0 Å². The second-order valence-electron chi connectivity index (χ2n) is 10.9. The Morgan fingerprint density at radius 2 is 1.66 bits per heavy atom. The van der Waals surface area contributed by atoms with Crippen molar-refractivity contribution in [2.45, 2.75) is 25.0 Å². The molecule has 0 fully saturated rings. The number of carbonyl (C=O) groups excluding carboxylic acids is 1. The molecule has 10 heteroatoms. The molecule has 3 aliphatic heterocycles. The molecule has 2 atom stereocenters. The zero-order chi connectivity index (χ0) is 28.2. The molecule has 3 aromatic carbocycles. The molecule has 2 unspecified atom stereocenters. The number of quaternary nitrogens is 1. The Hall–Kier alpha value is -3.38. The summed E-state index contributed by atoms with van der Waals surface area (Å²) in [5.41, 5.74) is 4.63. The fourth-order valence-electron chi connectivity index (χ4n) is 6.53. The van der Waals surface area contributed by atoms with E-state index < -0.39 is 0 Å². The number of ether oxygens (including phenoxy) is 6. The van der Waals surface area contributed by atoms with Crippen LogP contribution < -0.4 is 52.4 Å². The minimum atomic E-state index is -0.312. The molecule has 3 aromatic rings. The average Bonchev–Trinajstić information content (AvgIpc) is 3.54. The fourth-order valence-corrected chi connectivity index (χ4v) is 6.53. The van der Waals surface area contributed by atoms with Gasteiger partial charge in [0.25, 0.3) is 5.91 Å². The highest BCUT2D eigenvalue weighted by atomic mass is 127.